The maximum absolute atomic E-state index is 5.25. The van der Waals surface area contributed by atoms with Crippen molar-refractivity contribution in [3.63, 3.8) is 0 Å². The fraction of sp³-hybridized carbons (Fsp3) is 0. The summed E-state index contributed by atoms with van der Waals surface area (Å²) in [7, 11) is 5.25. The van der Waals surface area contributed by atoms with Crippen molar-refractivity contribution < 1.29 is 0 Å². The van der Waals surface area contributed by atoms with E-state index in [-0.39, 0.29) is 29.6 Å². The molecule has 0 atom stereocenters. The third-order valence-corrected chi connectivity index (χ3v) is 0.688. The van der Waals surface area contributed by atoms with E-state index in [4.69, 9.17) is 7.85 Å². The molecule has 1 aromatic rings. The van der Waals surface area contributed by atoms with Crippen molar-refractivity contribution in [2.45, 2.75) is 0 Å². The zero-order valence-corrected chi connectivity index (χ0v) is 6.83. The molecule has 0 aliphatic heterocycles. The van der Waals surface area contributed by atoms with Crippen molar-refractivity contribution in [2.24, 2.45) is 0 Å². The van der Waals surface area contributed by atoms with Gasteiger partial charge in [0.2, 0.25) is 0 Å². The van der Waals surface area contributed by atoms with Crippen molar-refractivity contribution in [2.75, 3.05) is 0 Å². The van der Waals surface area contributed by atoms with E-state index in [1.807, 2.05) is 12.1 Å². The Balaban J connectivity index is 0.000000490. The van der Waals surface area contributed by atoms with Crippen LogP contribution in [0, 0.1) is 0 Å². The monoisotopic (exact) mass is 112 g/mol. The van der Waals surface area contributed by atoms with Gasteiger partial charge in [-0.05, 0) is 11.7 Å². The minimum atomic E-state index is 0. The minimum absolute atomic E-state index is 0. The Morgan fingerprint density at radius 1 is 1.38 bits per heavy atom. The molecule has 1 heterocycles. The molecule has 0 N–H and O–H groups in total. The van der Waals surface area contributed by atoms with Crippen LogP contribution in [0.5, 0.6) is 0 Å². The number of hydrogen-bond acceptors (Lipinski definition) is 1. The van der Waals surface area contributed by atoms with Gasteiger partial charge < -0.3 is 0 Å². The molecule has 0 bridgehead atoms. The maximum atomic E-state index is 5.25. The van der Waals surface area contributed by atoms with Gasteiger partial charge in [-0.1, -0.05) is 12.1 Å². The smallest absolute Gasteiger partial charge is 0.141 e. The maximum Gasteiger partial charge on any atom is 0.141 e. The largest absolute Gasteiger partial charge is 0.273 e. The van der Waals surface area contributed by atoms with Crippen LogP contribution in [-0.2, 0) is 0 Å². The van der Waals surface area contributed by atoms with Crippen LogP contribution in [0.1, 0.15) is 0 Å². The molecule has 3 heteroatoms. The van der Waals surface area contributed by atoms with E-state index in [0.29, 0.717) is 5.59 Å². The molecule has 0 aliphatic rings. The molecule has 0 aliphatic carbocycles. The molecule has 33 valence electrons. The van der Waals surface area contributed by atoms with Crippen molar-refractivity contribution in [3.8, 4) is 0 Å². The van der Waals surface area contributed by atoms with Gasteiger partial charge in [-0.15, -0.1) is 0 Å². The van der Waals surface area contributed by atoms with Crippen LogP contribution in [0.15, 0.2) is 24.4 Å². The Bertz CT molecular complexity index is 142. The number of rotatable bonds is 0. The Labute approximate surface area is 72.2 Å². The van der Waals surface area contributed by atoms with Crippen molar-refractivity contribution in [1.29, 1.82) is 0 Å². The van der Waals surface area contributed by atoms with Crippen molar-refractivity contribution in [3.05, 3.63) is 24.4 Å². The van der Waals surface area contributed by atoms with Gasteiger partial charge in [-0.3, -0.25) is 4.98 Å². The zero-order valence-electron chi connectivity index (χ0n) is 4.83. The Hall–Kier alpha value is 0.215. The third kappa shape index (κ3) is 2.50. The molecular formula is C5H4BNNa. The van der Waals surface area contributed by atoms with Crippen LogP contribution in [-0.4, -0.2) is 42.4 Å². The average Bonchev–Trinajstić information content (AvgIpc) is 1.69. The molecule has 0 aromatic carbocycles. The first-order valence-corrected chi connectivity index (χ1v) is 2.06. The molecule has 0 unspecified atom stereocenters. The number of nitrogens with zero attached hydrogens (tertiary/aromatic N) is 1. The zero-order chi connectivity index (χ0) is 5.11. The summed E-state index contributed by atoms with van der Waals surface area (Å²) in [5.74, 6) is 0. The molecular weight excluding hydrogens is 108 g/mol. The second kappa shape index (κ2) is 4.13. The van der Waals surface area contributed by atoms with E-state index in [1.165, 1.54) is 0 Å². The SMILES string of the molecule is [B]c1ccccn1.[Na]. The van der Waals surface area contributed by atoms with Crippen molar-refractivity contribution >= 4 is 43.0 Å². The molecule has 1 aromatic heterocycles. The van der Waals surface area contributed by atoms with Gasteiger partial charge in [0.1, 0.15) is 7.85 Å². The Kier molecular flexibility index (Phi) is 4.24. The topological polar surface area (TPSA) is 12.9 Å². The van der Waals surface area contributed by atoms with E-state index in [0.717, 1.165) is 0 Å². The average molecular weight is 112 g/mol. The van der Waals surface area contributed by atoms with Crippen LogP contribution in [0.3, 0.4) is 0 Å². The fourth-order valence-corrected chi connectivity index (χ4v) is 0.376. The predicted molar refractivity (Wildman–Crippen MR) is 35.4 cm³/mol. The van der Waals surface area contributed by atoms with Gasteiger partial charge >= 0.3 is 0 Å². The van der Waals surface area contributed by atoms with Gasteiger partial charge in [-0.2, -0.15) is 0 Å². The molecule has 3 radical (unpaired) electrons. The summed E-state index contributed by atoms with van der Waals surface area (Å²) in [5, 5.41) is 0. The summed E-state index contributed by atoms with van der Waals surface area (Å²) in [6.45, 7) is 0. The van der Waals surface area contributed by atoms with Gasteiger partial charge in [0.05, 0.1) is 0 Å². The Morgan fingerprint density at radius 3 is 2.38 bits per heavy atom. The normalized spacial score (nSPS) is 7.50. The summed E-state index contributed by atoms with van der Waals surface area (Å²) in [6, 6.07) is 5.43. The molecule has 1 rings (SSSR count). The number of pyridine rings is 1. The van der Waals surface area contributed by atoms with Crippen LogP contribution in [0.4, 0.5) is 0 Å². The number of aromatic nitrogens is 1. The quantitative estimate of drug-likeness (QED) is 0.412. The first kappa shape index (κ1) is 8.21. The number of hydrogen-bond donors (Lipinski definition) is 0. The van der Waals surface area contributed by atoms with E-state index in [2.05, 4.69) is 4.98 Å². The molecule has 0 saturated heterocycles. The van der Waals surface area contributed by atoms with Gasteiger partial charge in [0.25, 0.3) is 0 Å². The predicted octanol–water partition coefficient (Wildman–Crippen LogP) is -0.505. The van der Waals surface area contributed by atoms with Gasteiger partial charge in [0, 0.05) is 35.8 Å². The Morgan fingerprint density at radius 2 is 2.12 bits per heavy atom. The molecule has 1 nitrogen and oxygen atoms in total. The van der Waals surface area contributed by atoms with Crippen LogP contribution in [0.2, 0.25) is 0 Å². The second-order valence-corrected chi connectivity index (χ2v) is 1.25. The first-order chi connectivity index (χ1) is 3.39. The summed E-state index contributed by atoms with van der Waals surface area (Å²) >= 11 is 0. The summed E-state index contributed by atoms with van der Waals surface area (Å²) < 4.78 is 0. The second-order valence-electron chi connectivity index (χ2n) is 1.25. The summed E-state index contributed by atoms with van der Waals surface area (Å²) in [6.07, 6.45) is 1.66. The molecule has 0 fully saturated rings. The molecule has 0 amide bonds. The van der Waals surface area contributed by atoms with E-state index in [1.54, 1.807) is 12.3 Å². The summed E-state index contributed by atoms with van der Waals surface area (Å²) in [4.78, 5) is 3.76. The van der Waals surface area contributed by atoms with E-state index >= 15 is 0 Å². The third-order valence-electron chi connectivity index (χ3n) is 0.688. The summed E-state index contributed by atoms with van der Waals surface area (Å²) in [5.41, 5.74) is 0.572. The molecule has 0 spiro atoms. The fourth-order valence-electron chi connectivity index (χ4n) is 0.376. The molecule has 8 heavy (non-hydrogen) atoms. The van der Waals surface area contributed by atoms with Crippen LogP contribution in [0.25, 0.3) is 0 Å². The van der Waals surface area contributed by atoms with Crippen LogP contribution >= 0.6 is 0 Å². The van der Waals surface area contributed by atoms with E-state index < -0.39 is 0 Å². The van der Waals surface area contributed by atoms with E-state index in [9.17, 15) is 0 Å². The van der Waals surface area contributed by atoms with Crippen molar-refractivity contribution in [1.82, 2.24) is 4.98 Å². The molecule has 0 saturated carbocycles. The minimum Gasteiger partial charge on any atom is -0.273 e. The van der Waals surface area contributed by atoms with Gasteiger partial charge in [0.15, 0.2) is 0 Å². The standard InChI is InChI=1S/C5H4BN.Na/c6-5-3-1-2-4-7-5;/h1-4H;. The van der Waals surface area contributed by atoms with Crippen LogP contribution < -0.4 is 5.59 Å². The van der Waals surface area contributed by atoms with Gasteiger partial charge in [-0.25, -0.2) is 0 Å². The first-order valence-electron chi connectivity index (χ1n) is 2.06.